The average Bonchev–Trinajstić information content (AvgIpc) is 3.32. The van der Waals surface area contributed by atoms with E-state index in [0.29, 0.717) is 54.9 Å². The van der Waals surface area contributed by atoms with E-state index in [1.165, 1.54) is 12.1 Å². The van der Waals surface area contributed by atoms with Gasteiger partial charge in [-0.25, -0.2) is 19.3 Å². The molecule has 0 radical (unpaired) electrons. The van der Waals surface area contributed by atoms with Crippen molar-refractivity contribution in [1.82, 2.24) is 30.2 Å². The number of benzene rings is 1. The molecule has 37 heavy (non-hydrogen) atoms. The minimum Gasteiger partial charge on any atom is -0.354 e. The Hall–Kier alpha value is -3.45. The van der Waals surface area contributed by atoms with Gasteiger partial charge in [0.2, 0.25) is 11.9 Å². The van der Waals surface area contributed by atoms with E-state index in [4.69, 9.17) is 20.2 Å². The molecule has 1 aromatic carbocycles. The molecule has 0 spiro atoms. The summed E-state index contributed by atoms with van der Waals surface area (Å²) in [4.78, 5) is 31.3. The summed E-state index contributed by atoms with van der Waals surface area (Å²) < 4.78 is 25.2. The van der Waals surface area contributed by atoms with E-state index in [-0.39, 0.29) is 30.9 Å². The van der Waals surface area contributed by atoms with E-state index in [1.807, 2.05) is 14.1 Å². The average molecular weight is 513 g/mol. The summed E-state index contributed by atoms with van der Waals surface area (Å²) in [6.07, 6.45) is 1.45. The van der Waals surface area contributed by atoms with Crippen molar-refractivity contribution < 1.29 is 18.7 Å². The molecule has 4 rings (SSSR count). The lowest BCUT2D eigenvalue weighted by atomic mass is 10.1. The van der Waals surface area contributed by atoms with Crippen LogP contribution in [0.4, 0.5) is 10.3 Å². The van der Waals surface area contributed by atoms with Crippen LogP contribution in [0.1, 0.15) is 5.82 Å². The summed E-state index contributed by atoms with van der Waals surface area (Å²) in [6, 6.07) is 7.93. The van der Waals surface area contributed by atoms with Gasteiger partial charge in [0.05, 0.1) is 42.6 Å². The minimum absolute atomic E-state index is 0.137. The molecule has 0 saturated carbocycles. The Morgan fingerprint density at radius 3 is 2.62 bits per heavy atom. The number of nitrogens with zero attached hydrogens (tertiary/aromatic N) is 4. The highest BCUT2D eigenvalue weighted by Gasteiger charge is 2.28. The Morgan fingerprint density at radius 2 is 1.92 bits per heavy atom. The summed E-state index contributed by atoms with van der Waals surface area (Å²) in [6.45, 7) is 2.80. The number of rotatable bonds is 11. The highest BCUT2D eigenvalue weighted by molar-refractivity contribution is 5.79. The summed E-state index contributed by atoms with van der Waals surface area (Å²) in [5.41, 5.74) is 8.12. The van der Waals surface area contributed by atoms with Crippen molar-refractivity contribution in [2.45, 2.75) is 12.7 Å². The Labute approximate surface area is 215 Å². The Morgan fingerprint density at radius 1 is 1.16 bits per heavy atom. The molecule has 1 aliphatic heterocycles. The molecule has 3 aromatic rings. The Bertz CT molecular complexity index is 1160. The standard InChI is InChI=1S/C25H33FN8O3/c1-34(2)12-11-30-25-29-9-7-19(31-25)23-22(16-3-5-18(26)6-4-16)32-20(33-23)13-21-36-14-17(15-37-21)24(35)28-10-8-27/h3-7,9,17,21H,8,10-15,27H2,1-2H3,(H,28,35)(H,32,33)(H,29,30,31). The molecule has 1 amide bonds. The van der Waals surface area contributed by atoms with Crippen LogP contribution in [-0.2, 0) is 20.7 Å². The molecule has 1 aliphatic rings. The third-order valence-electron chi connectivity index (χ3n) is 5.77. The molecule has 198 valence electrons. The van der Waals surface area contributed by atoms with Gasteiger partial charge in [0.25, 0.3) is 0 Å². The van der Waals surface area contributed by atoms with Crippen LogP contribution in [0, 0.1) is 11.7 Å². The van der Waals surface area contributed by atoms with Crippen LogP contribution in [-0.4, -0.2) is 90.5 Å². The van der Waals surface area contributed by atoms with Gasteiger partial charge in [-0.1, -0.05) is 0 Å². The number of nitrogens with one attached hydrogen (secondary N) is 3. The van der Waals surface area contributed by atoms with Gasteiger partial charge in [0.15, 0.2) is 6.29 Å². The number of carbonyl (C=O) groups excluding carboxylic acids is 1. The topological polar surface area (TPSA) is 143 Å². The number of ether oxygens (including phenoxy) is 2. The second kappa shape index (κ2) is 12.7. The number of imidazole rings is 1. The fourth-order valence-electron chi connectivity index (χ4n) is 3.81. The fraction of sp³-hybridized carbons (Fsp3) is 0.440. The number of likely N-dealkylation sites (N-methyl/N-ethyl adjacent to an activating group) is 1. The van der Waals surface area contributed by atoms with E-state index in [1.54, 1.807) is 24.4 Å². The van der Waals surface area contributed by atoms with E-state index < -0.39 is 6.29 Å². The number of H-pyrrole nitrogens is 1. The SMILES string of the molecule is CN(C)CCNc1nccc(-c2[nH]c(CC3OCC(C(=O)NCCN)CO3)nc2-c2ccc(F)cc2)n1. The van der Waals surface area contributed by atoms with Crippen molar-refractivity contribution in [3.8, 4) is 22.6 Å². The first kappa shape index (κ1) is 26.6. The number of hydrogen-bond acceptors (Lipinski definition) is 9. The zero-order chi connectivity index (χ0) is 26.2. The van der Waals surface area contributed by atoms with Crippen molar-refractivity contribution in [2.75, 3.05) is 58.8 Å². The van der Waals surface area contributed by atoms with E-state index >= 15 is 0 Å². The van der Waals surface area contributed by atoms with E-state index in [0.717, 1.165) is 12.1 Å². The summed E-state index contributed by atoms with van der Waals surface area (Å²) in [5, 5.41) is 5.98. The first-order valence-electron chi connectivity index (χ1n) is 12.2. The number of aromatic amines is 1. The lowest BCUT2D eigenvalue weighted by molar-refractivity contribution is -0.200. The van der Waals surface area contributed by atoms with Gasteiger partial charge in [-0.3, -0.25) is 4.79 Å². The second-order valence-corrected chi connectivity index (χ2v) is 8.99. The molecule has 12 heteroatoms. The lowest BCUT2D eigenvalue weighted by Crippen LogP contribution is -2.43. The molecule has 0 unspecified atom stereocenters. The maximum Gasteiger partial charge on any atom is 0.227 e. The second-order valence-electron chi connectivity index (χ2n) is 8.99. The highest BCUT2D eigenvalue weighted by Crippen LogP contribution is 2.30. The molecule has 2 aromatic heterocycles. The molecule has 11 nitrogen and oxygen atoms in total. The number of hydrogen-bond donors (Lipinski definition) is 4. The van der Waals surface area contributed by atoms with Crippen molar-refractivity contribution in [2.24, 2.45) is 11.7 Å². The van der Waals surface area contributed by atoms with Gasteiger partial charge in [-0.05, 0) is 44.4 Å². The monoisotopic (exact) mass is 512 g/mol. The van der Waals surface area contributed by atoms with Crippen LogP contribution < -0.4 is 16.4 Å². The predicted molar refractivity (Wildman–Crippen MR) is 137 cm³/mol. The summed E-state index contributed by atoms with van der Waals surface area (Å²) in [7, 11) is 3.99. The number of anilines is 1. The molecule has 3 heterocycles. The van der Waals surface area contributed by atoms with Crippen molar-refractivity contribution >= 4 is 11.9 Å². The van der Waals surface area contributed by atoms with Crippen LogP contribution >= 0.6 is 0 Å². The quantitative estimate of drug-likeness (QED) is 0.298. The smallest absolute Gasteiger partial charge is 0.227 e. The maximum absolute atomic E-state index is 13.6. The predicted octanol–water partition coefficient (Wildman–Crippen LogP) is 1.25. The molecule has 0 aliphatic carbocycles. The third-order valence-corrected chi connectivity index (χ3v) is 5.77. The van der Waals surface area contributed by atoms with Gasteiger partial charge in [0.1, 0.15) is 11.6 Å². The molecular formula is C25H33FN8O3. The fourth-order valence-corrected chi connectivity index (χ4v) is 3.81. The lowest BCUT2D eigenvalue weighted by Gasteiger charge is -2.28. The van der Waals surface area contributed by atoms with Gasteiger partial charge in [0, 0.05) is 37.9 Å². The normalized spacial score (nSPS) is 17.6. The highest BCUT2D eigenvalue weighted by atomic mass is 19.1. The Balaban J connectivity index is 1.52. The Kier molecular flexibility index (Phi) is 9.12. The van der Waals surface area contributed by atoms with Crippen molar-refractivity contribution in [3.05, 3.63) is 48.2 Å². The van der Waals surface area contributed by atoms with E-state index in [9.17, 15) is 9.18 Å². The van der Waals surface area contributed by atoms with Gasteiger partial charge in [-0.15, -0.1) is 0 Å². The van der Waals surface area contributed by atoms with Crippen LogP contribution in [0.5, 0.6) is 0 Å². The van der Waals surface area contributed by atoms with Crippen molar-refractivity contribution in [3.63, 3.8) is 0 Å². The van der Waals surface area contributed by atoms with Gasteiger partial charge >= 0.3 is 0 Å². The molecular weight excluding hydrogens is 479 g/mol. The third kappa shape index (κ3) is 7.29. The van der Waals surface area contributed by atoms with Crippen LogP contribution in [0.2, 0.25) is 0 Å². The number of carbonyl (C=O) groups is 1. The number of amides is 1. The minimum atomic E-state index is -0.563. The van der Waals surface area contributed by atoms with Crippen LogP contribution in [0.15, 0.2) is 36.5 Å². The number of aromatic nitrogens is 4. The maximum atomic E-state index is 13.6. The zero-order valence-electron chi connectivity index (χ0n) is 21.0. The summed E-state index contributed by atoms with van der Waals surface area (Å²) >= 11 is 0. The molecule has 5 N–H and O–H groups in total. The van der Waals surface area contributed by atoms with Gasteiger partial charge < -0.3 is 35.7 Å². The molecule has 0 atom stereocenters. The number of nitrogens with two attached hydrogens (primary N) is 1. The zero-order valence-corrected chi connectivity index (χ0v) is 21.0. The first-order chi connectivity index (χ1) is 17.9. The largest absolute Gasteiger partial charge is 0.354 e. The first-order valence-corrected chi connectivity index (χ1v) is 12.2. The summed E-state index contributed by atoms with van der Waals surface area (Å²) in [5.74, 6) is 0.264. The van der Waals surface area contributed by atoms with Crippen LogP contribution in [0.3, 0.4) is 0 Å². The van der Waals surface area contributed by atoms with Crippen molar-refractivity contribution in [1.29, 1.82) is 0 Å². The number of halogens is 1. The molecule has 0 bridgehead atoms. The van der Waals surface area contributed by atoms with E-state index in [2.05, 4.69) is 30.5 Å². The molecule has 1 saturated heterocycles. The van der Waals surface area contributed by atoms with Crippen LogP contribution in [0.25, 0.3) is 22.6 Å². The molecule has 1 fully saturated rings. The van der Waals surface area contributed by atoms with Gasteiger partial charge in [-0.2, -0.15) is 0 Å².